The molecular formula is C28H26ClF3N4O4S. The molecule has 2 aromatic carbocycles. The van der Waals surface area contributed by atoms with E-state index in [0.29, 0.717) is 29.4 Å². The summed E-state index contributed by atoms with van der Waals surface area (Å²) in [5.41, 5.74) is -0.211. The van der Waals surface area contributed by atoms with Crippen LogP contribution < -0.4 is 0 Å². The third-order valence-electron chi connectivity index (χ3n) is 6.66. The van der Waals surface area contributed by atoms with Crippen LogP contribution in [0.15, 0.2) is 47.5 Å². The lowest BCUT2D eigenvalue weighted by molar-refractivity contribution is -0.138. The molecule has 0 aliphatic carbocycles. The third-order valence-corrected chi connectivity index (χ3v) is 7.78. The first kappa shape index (κ1) is 29.0. The SMILES string of the molecule is CC(C)(C)OC(=O)N1CC[C@@H](N2C(=O)SC(=Cc3ccc4c(cnn4Cc4ccc(Cl)cc4C(F)(F)F)c3)C2=O)C1. The third kappa shape index (κ3) is 6.23. The van der Waals surface area contributed by atoms with Crippen molar-refractivity contribution < 1.29 is 32.3 Å². The van der Waals surface area contributed by atoms with Crippen LogP contribution in [0.25, 0.3) is 17.0 Å². The molecule has 0 radical (unpaired) electrons. The lowest BCUT2D eigenvalue weighted by atomic mass is 10.1. The van der Waals surface area contributed by atoms with Gasteiger partial charge in [0.2, 0.25) is 0 Å². The molecule has 0 N–H and O–H groups in total. The topological polar surface area (TPSA) is 84.7 Å². The fraction of sp³-hybridized carbons (Fsp3) is 0.357. The first-order valence-corrected chi connectivity index (χ1v) is 14.0. The molecule has 3 heterocycles. The van der Waals surface area contributed by atoms with Crippen molar-refractivity contribution in [2.24, 2.45) is 0 Å². The summed E-state index contributed by atoms with van der Waals surface area (Å²) >= 11 is 6.62. The molecule has 2 saturated heterocycles. The number of alkyl halides is 3. The van der Waals surface area contributed by atoms with Gasteiger partial charge in [0.1, 0.15) is 5.60 Å². The monoisotopic (exact) mass is 606 g/mol. The van der Waals surface area contributed by atoms with Crippen molar-refractivity contribution in [2.45, 2.75) is 51.6 Å². The van der Waals surface area contributed by atoms with E-state index in [4.69, 9.17) is 16.3 Å². The summed E-state index contributed by atoms with van der Waals surface area (Å²) in [5, 5.41) is 4.51. The molecule has 5 rings (SSSR count). The molecule has 0 bridgehead atoms. The van der Waals surface area contributed by atoms with Gasteiger partial charge in [0.05, 0.1) is 34.8 Å². The van der Waals surface area contributed by atoms with E-state index >= 15 is 0 Å². The Labute approximate surface area is 243 Å². The molecule has 216 valence electrons. The van der Waals surface area contributed by atoms with Gasteiger partial charge in [-0.15, -0.1) is 0 Å². The van der Waals surface area contributed by atoms with Crippen molar-refractivity contribution in [1.29, 1.82) is 0 Å². The van der Waals surface area contributed by atoms with Crippen molar-refractivity contribution in [3.8, 4) is 0 Å². The minimum absolute atomic E-state index is 0.00578. The molecule has 2 aliphatic heterocycles. The van der Waals surface area contributed by atoms with Crippen molar-refractivity contribution in [3.63, 3.8) is 0 Å². The molecular weight excluding hydrogens is 581 g/mol. The van der Waals surface area contributed by atoms with Crippen LogP contribution in [-0.2, 0) is 22.3 Å². The van der Waals surface area contributed by atoms with Gasteiger partial charge in [-0.05, 0) is 80.4 Å². The number of benzene rings is 2. The number of imide groups is 1. The predicted octanol–water partition coefficient (Wildman–Crippen LogP) is 6.80. The van der Waals surface area contributed by atoms with Crippen LogP contribution in [0.1, 0.15) is 43.9 Å². The summed E-state index contributed by atoms with van der Waals surface area (Å²) < 4.78 is 47.5. The molecule has 13 heteroatoms. The smallest absolute Gasteiger partial charge is 0.416 e. The Kier molecular flexibility index (Phi) is 7.58. The molecule has 0 saturated carbocycles. The minimum atomic E-state index is -4.56. The Hall–Kier alpha value is -3.51. The van der Waals surface area contributed by atoms with Crippen LogP contribution in [-0.4, -0.2) is 61.6 Å². The van der Waals surface area contributed by atoms with E-state index in [0.717, 1.165) is 17.8 Å². The summed E-state index contributed by atoms with van der Waals surface area (Å²) in [6, 6.07) is 8.35. The molecule has 0 unspecified atom stereocenters. The van der Waals surface area contributed by atoms with E-state index in [2.05, 4.69) is 5.10 Å². The lowest BCUT2D eigenvalue weighted by Gasteiger charge is -2.25. The highest BCUT2D eigenvalue weighted by Gasteiger charge is 2.43. The summed E-state index contributed by atoms with van der Waals surface area (Å²) in [5.74, 6) is -0.436. The molecule has 1 atom stereocenters. The molecule has 41 heavy (non-hydrogen) atoms. The molecule has 1 aromatic heterocycles. The molecule has 0 spiro atoms. The van der Waals surface area contributed by atoms with Crippen LogP contribution in [0.2, 0.25) is 5.02 Å². The van der Waals surface area contributed by atoms with E-state index in [1.54, 1.807) is 45.0 Å². The Morgan fingerprint density at radius 1 is 1.17 bits per heavy atom. The Morgan fingerprint density at radius 3 is 2.63 bits per heavy atom. The fourth-order valence-corrected chi connectivity index (χ4v) is 5.90. The number of carbonyl (C=O) groups is 3. The van der Waals surface area contributed by atoms with E-state index in [1.807, 2.05) is 0 Å². The maximum Gasteiger partial charge on any atom is 0.416 e. The molecule has 2 aliphatic rings. The molecule has 8 nitrogen and oxygen atoms in total. The Balaban J connectivity index is 1.32. The van der Waals surface area contributed by atoms with Gasteiger partial charge in [0.25, 0.3) is 11.1 Å². The minimum Gasteiger partial charge on any atom is -0.444 e. The van der Waals surface area contributed by atoms with E-state index in [1.165, 1.54) is 32.8 Å². The van der Waals surface area contributed by atoms with E-state index < -0.39 is 40.6 Å². The maximum atomic E-state index is 13.5. The number of hydrogen-bond acceptors (Lipinski definition) is 6. The number of rotatable bonds is 4. The Bertz CT molecular complexity index is 1580. The molecule has 3 amide bonds. The first-order valence-electron chi connectivity index (χ1n) is 12.8. The van der Waals surface area contributed by atoms with Gasteiger partial charge in [-0.2, -0.15) is 18.3 Å². The van der Waals surface area contributed by atoms with Gasteiger partial charge in [0, 0.05) is 23.5 Å². The van der Waals surface area contributed by atoms with Gasteiger partial charge >= 0.3 is 12.3 Å². The fourth-order valence-electron chi connectivity index (χ4n) is 4.82. The second-order valence-electron chi connectivity index (χ2n) is 10.8. The summed E-state index contributed by atoms with van der Waals surface area (Å²) in [7, 11) is 0. The average molecular weight is 607 g/mol. The zero-order valence-electron chi connectivity index (χ0n) is 22.4. The number of hydrogen-bond donors (Lipinski definition) is 0. The van der Waals surface area contributed by atoms with E-state index in [-0.39, 0.29) is 28.6 Å². The normalized spacial score (nSPS) is 19.2. The van der Waals surface area contributed by atoms with Gasteiger partial charge < -0.3 is 9.64 Å². The summed E-state index contributed by atoms with van der Waals surface area (Å²) in [6.45, 7) is 5.77. The number of fused-ring (bicyclic) bond motifs is 1. The number of carbonyl (C=O) groups excluding carboxylic acids is 3. The number of amides is 3. The number of ether oxygens (including phenoxy) is 1. The van der Waals surface area contributed by atoms with Crippen LogP contribution in [0, 0.1) is 0 Å². The zero-order chi connectivity index (χ0) is 29.7. The van der Waals surface area contributed by atoms with Crippen molar-refractivity contribution in [2.75, 3.05) is 13.1 Å². The number of thioether (sulfide) groups is 1. The molecule has 3 aromatic rings. The second-order valence-corrected chi connectivity index (χ2v) is 12.3. The number of aromatic nitrogens is 2. The average Bonchev–Trinajstić information content (AvgIpc) is 3.57. The zero-order valence-corrected chi connectivity index (χ0v) is 23.9. The van der Waals surface area contributed by atoms with Crippen molar-refractivity contribution in [3.05, 3.63) is 69.2 Å². The quantitative estimate of drug-likeness (QED) is 0.304. The highest BCUT2D eigenvalue weighted by Crippen LogP contribution is 2.37. The van der Waals surface area contributed by atoms with Crippen LogP contribution in [0.5, 0.6) is 0 Å². The highest BCUT2D eigenvalue weighted by molar-refractivity contribution is 8.18. The number of nitrogens with zero attached hydrogens (tertiary/aromatic N) is 4. The second kappa shape index (κ2) is 10.7. The standard InChI is InChI=1S/C28H26ClF3N4O4S/c1-27(2,3)40-25(38)34-9-8-20(15-34)36-24(37)23(41-26(36)39)11-16-4-7-22-18(10-16)13-33-35(22)14-17-5-6-19(29)12-21(17)28(30,31)32/h4-7,10-13,20H,8-9,14-15H2,1-3H3/t20-/m1/s1. The van der Waals surface area contributed by atoms with Crippen LogP contribution >= 0.6 is 23.4 Å². The first-order chi connectivity index (χ1) is 19.2. The van der Waals surface area contributed by atoms with Gasteiger partial charge in [-0.3, -0.25) is 19.2 Å². The van der Waals surface area contributed by atoms with Crippen molar-refractivity contribution >= 4 is 57.6 Å². The highest BCUT2D eigenvalue weighted by atomic mass is 35.5. The van der Waals surface area contributed by atoms with Crippen molar-refractivity contribution in [1.82, 2.24) is 19.6 Å². The summed E-state index contributed by atoms with van der Waals surface area (Å²) in [4.78, 5) is 41.3. The van der Waals surface area contributed by atoms with E-state index in [9.17, 15) is 27.6 Å². The van der Waals surface area contributed by atoms with Gasteiger partial charge in [0.15, 0.2) is 0 Å². The largest absolute Gasteiger partial charge is 0.444 e. The number of likely N-dealkylation sites (tertiary alicyclic amines) is 1. The van der Waals surface area contributed by atoms with Gasteiger partial charge in [-0.1, -0.05) is 23.7 Å². The Morgan fingerprint density at radius 2 is 1.93 bits per heavy atom. The van der Waals surface area contributed by atoms with Crippen LogP contribution in [0.4, 0.5) is 22.8 Å². The maximum absolute atomic E-state index is 13.5. The lowest BCUT2D eigenvalue weighted by Crippen LogP contribution is -2.42. The summed E-state index contributed by atoms with van der Waals surface area (Å²) in [6.07, 6.45) is -1.46. The van der Waals surface area contributed by atoms with Crippen LogP contribution in [0.3, 0.4) is 0 Å². The predicted molar refractivity (Wildman–Crippen MR) is 149 cm³/mol. The number of halogens is 4. The molecule has 2 fully saturated rings. The van der Waals surface area contributed by atoms with Gasteiger partial charge in [-0.25, -0.2) is 4.79 Å².